The second-order valence-electron chi connectivity index (χ2n) is 4.82. The maximum atomic E-state index is 13.6. The quantitative estimate of drug-likeness (QED) is 0.484. The molecule has 0 saturated carbocycles. The number of imide groups is 2. The highest BCUT2D eigenvalue weighted by Crippen LogP contribution is 2.51. The van der Waals surface area contributed by atoms with Gasteiger partial charge in [0.25, 0.3) is 23.6 Å². The fourth-order valence-corrected chi connectivity index (χ4v) is 2.36. The summed E-state index contributed by atoms with van der Waals surface area (Å²) in [6, 6.07) is 0. The van der Waals surface area contributed by atoms with E-state index in [9.17, 15) is 45.5 Å². The van der Waals surface area contributed by atoms with Gasteiger partial charge in [0, 0.05) is 12.2 Å². The first-order chi connectivity index (χ1) is 11.2. The Morgan fingerprint density at radius 2 is 0.960 bits per heavy atom. The molecule has 0 unspecified atom stereocenters. The van der Waals surface area contributed by atoms with E-state index in [1.165, 1.54) is 0 Å². The Morgan fingerprint density at radius 3 is 1.12 bits per heavy atom. The van der Waals surface area contributed by atoms with E-state index in [1.54, 1.807) is 0 Å². The molecule has 2 aliphatic rings. The smallest absolute Gasteiger partial charge is 0.394 e. The van der Waals surface area contributed by atoms with Crippen molar-refractivity contribution in [3.05, 3.63) is 23.5 Å². The van der Waals surface area contributed by atoms with Crippen LogP contribution in [0.25, 0.3) is 0 Å². The van der Waals surface area contributed by atoms with Gasteiger partial charge in [0.1, 0.15) is 11.4 Å². The fourth-order valence-electron chi connectivity index (χ4n) is 2.36. The Bertz CT molecular complexity index is 702. The van der Waals surface area contributed by atoms with Crippen LogP contribution in [0.1, 0.15) is 0 Å². The van der Waals surface area contributed by atoms with Gasteiger partial charge in [0.2, 0.25) is 0 Å². The van der Waals surface area contributed by atoms with E-state index in [2.05, 4.69) is 0 Å². The van der Waals surface area contributed by atoms with Crippen LogP contribution >= 0.6 is 0 Å². The molecule has 0 spiro atoms. The molecule has 2 aliphatic heterocycles. The number of hydrogen-bond acceptors (Lipinski definition) is 6. The minimum Gasteiger partial charge on any atom is -0.394 e. The highest BCUT2D eigenvalue weighted by molar-refractivity contribution is 6.20. The number of carbonyl (C=O) groups excluding carboxylic acids is 4. The Labute approximate surface area is 133 Å². The number of alkyl halides is 6. The average molecular weight is 372 g/mol. The zero-order chi connectivity index (χ0) is 19.5. The second kappa shape index (κ2) is 4.97. The first-order valence-corrected chi connectivity index (χ1v) is 6.02. The summed E-state index contributed by atoms with van der Waals surface area (Å²) in [4.78, 5) is 44.1. The van der Waals surface area contributed by atoms with Crippen molar-refractivity contribution in [2.75, 3.05) is 0 Å². The zero-order valence-electron chi connectivity index (χ0n) is 11.6. The summed E-state index contributed by atoms with van der Waals surface area (Å²) in [6.45, 7) is 0. The van der Waals surface area contributed by atoms with Crippen LogP contribution in [-0.2, 0) is 19.2 Å². The number of amides is 4. The SMILES string of the molecule is NC1=CC(=O)N(C(N2C(=O)C=C(N)C2=O)(C(F)(F)F)C(F)(F)F)C1=O. The average Bonchev–Trinajstić information content (AvgIpc) is 2.80. The molecule has 0 saturated heterocycles. The van der Waals surface area contributed by atoms with Gasteiger partial charge >= 0.3 is 18.0 Å². The predicted octanol–water partition coefficient (Wildman–Crippen LogP) is -0.770. The first kappa shape index (κ1) is 18.3. The van der Waals surface area contributed by atoms with Gasteiger partial charge in [-0.1, -0.05) is 0 Å². The van der Waals surface area contributed by atoms with Gasteiger partial charge in [-0.15, -0.1) is 0 Å². The molecule has 0 aliphatic carbocycles. The Balaban J connectivity index is 2.87. The van der Waals surface area contributed by atoms with Crippen molar-refractivity contribution < 1.29 is 45.5 Å². The van der Waals surface area contributed by atoms with Gasteiger partial charge in [-0.25, -0.2) is 9.80 Å². The lowest BCUT2D eigenvalue weighted by molar-refractivity contribution is -0.362. The summed E-state index contributed by atoms with van der Waals surface area (Å²) >= 11 is 0. The van der Waals surface area contributed by atoms with Crippen LogP contribution in [0.4, 0.5) is 26.3 Å². The van der Waals surface area contributed by atoms with Gasteiger partial charge in [0.15, 0.2) is 0 Å². The van der Waals surface area contributed by atoms with Crippen LogP contribution in [0.15, 0.2) is 23.5 Å². The van der Waals surface area contributed by atoms with Crippen molar-refractivity contribution in [3.63, 3.8) is 0 Å². The topological polar surface area (TPSA) is 127 Å². The molecule has 2 rings (SSSR count). The molecule has 4 amide bonds. The van der Waals surface area contributed by atoms with Gasteiger partial charge in [0.05, 0.1) is 0 Å². The lowest BCUT2D eigenvalue weighted by Gasteiger charge is -2.46. The third kappa shape index (κ3) is 2.16. The van der Waals surface area contributed by atoms with Crippen molar-refractivity contribution >= 4 is 23.6 Å². The molecule has 0 bridgehead atoms. The normalized spacial score (nSPS) is 19.8. The number of nitrogens with zero attached hydrogens (tertiary/aromatic N) is 2. The van der Waals surface area contributed by atoms with Crippen LogP contribution in [0.3, 0.4) is 0 Å². The van der Waals surface area contributed by atoms with Crippen LogP contribution < -0.4 is 11.5 Å². The Kier molecular flexibility index (Phi) is 3.63. The summed E-state index contributed by atoms with van der Waals surface area (Å²) in [7, 11) is 0. The lowest BCUT2D eigenvalue weighted by atomic mass is 10.0. The maximum absolute atomic E-state index is 13.6. The van der Waals surface area contributed by atoms with Gasteiger partial charge in [-0.3, -0.25) is 19.2 Å². The number of carbonyl (C=O) groups is 4. The molecular weight excluding hydrogens is 366 g/mol. The number of rotatable bonds is 2. The van der Waals surface area contributed by atoms with E-state index in [0.717, 1.165) is 0 Å². The number of halogens is 6. The third-order valence-electron chi connectivity index (χ3n) is 3.34. The number of hydrogen-bond donors (Lipinski definition) is 2. The highest BCUT2D eigenvalue weighted by atomic mass is 19.4. The fraction of sp³-hybridized carbons (Fsp3) is 0.273. The second-order valence-corrected chi connectivity index (χ2v) is 4.82. The minimum atomic E-state index is -6.52. The predicted molar refractivity (Wildman–Crippen MR) is 63.1 cm³/mol. The van der Waals surface area contributed by atoms with Crippen molar-refractivity contribution in [2.24, 2.45) is 11.5 Å². The van der Waals surface area contributed by atoms with Crippen LogP contribution in [0.5, 0.6) is 0 Å². The molecule has 136 valence electrons. The molecule has 0 aromatic carbocycles. The first-order valence-electron chi connectivity index (χ1n) is 6.02. The van der Waals surface area contributed by atoms with Gasteiger partial charge < -0.3 is 11.5 Å². The largest absolute Gasteiger partial charge is 0.441 e. The maximum Gasteiger partial charge on any atom is 0.441 e. The highest BCUT2D eigenvalue weighted by Gasteiger charge is 2.82. The Hall–Kier alpha value is -3.06. The summed E-state index contributed by atoms with van der Waals surface area (Å²) in [6.07, 6.45) is -13.0. The molecule has 0 atom stereocenters. The van der Waals surface area contributed by atoms with E-state index in [4.69, 9.17) is 11.5 Å². The molecule has 8 nitrogen and oxygen atoms in total. The summed E-state index contributed by atoms with van der Waals surface area (Å²) in [5.74, 6) is -8.57. The van der Waals surface area contributed by atoms with Crippen LogP contribution in [-0.4, -0.2) is 51.4 Å². The van der Waals surface area contributed by atoms with Gasteiger partial charge in [-0.05, 0) is 0 Å². The van der Waals surface area contributed by atoms with Crippen molar-refractivity contribution in [1.82, 2.24) is 9.80 Å². The van der Waals surface area contributed by atoms with E-state index < -0.39 is 62.8 Å². The zero-order valence-corrected chi connectivity index (χ0v) is 11.6. The molecule has 2 heterocycles. The van der Waals surface area contributed by atoms with E-state index in [-0.39, 0.29) is 12.2 Å². The van der Waals surface area contributed by atoms with Crippen molar-refractivity contribution in [3.8, 4) is 0 Å². The molecule has 14 heteroatoms. The van der Waals surface area contributed by atoms with E-state index in [0.29, 0.717) is 0 Å². The van der Waals surface area contributed by atoms with Crippen LogP contribution in [0.2, 0.25) is 0 Å². The minimum absolute atomic E-state index is 0.0103. The molecule has 0 aromatic rings. The van der Waals surface area contributed by atoms with E-state index >= 15 is 0 Å². The summed E-state index contributed by atoms with van der Waals surface area (Å²) < 4.78 is 81.5. The van der Waals surface area contributed by atoms with Crippen LogP contribution in [0, 0.1) is 0 Å². The standard InChI is InChI=1S/C11H6F6N4O4/c12-10(13,14)9(11(15,16)17,20-5(22)1-3(18)7(20)24)21-6(23)2-4(19)8(21)25/h1-2H,18-19H2. The van der Waals surface area contributed by atoms with Gasteiger partial charge in [-0.2, -0.15) is 26.3 Å². The Morgan fingerprint density at radius 1 is 0.680 bits per heavy atom. The summed E-state index contributed by atoms with van der Waals surface area (Å²) in [5.41, 5.74) is 1.77. The molecule has 25 heavy (non-hydrogen) atoms. The lowest BCUT2D eigenvalue weighted by Crippen LogP contribution is -2.78. The van der Waals surface area contributed by atoms with Crippen molar-refractivity contribution in [2.45, 2.75) is 18.0 Å². The number of nitrogens with two attached hydrogens (primary N) is 2. The summed E-state index contributed by atoms with van der Waals surface area (Å²) in [5, 5.41) is 0. The molecule has 4 N–H and O–H groups in total. The third-order valence-corrected chi connectivity index (χ3v) is 3.34. The monoisotopic (exact) mass is 372 g/mol. The molecule has 0 radical (unpaired) electrons. The molecule has 0 aromatic heterocycles. The molecular formula is C11H6F6N4O4. The molecule has 0 fully saturated rings. The van der Waals surface area contributed by atoms with Crippen molar-refractivity contribution in [1.29, 1.82) is 0 Å². The van der Waals surface area contributed by atoms with E-state index in [1.807, 2.05) is 0 Å².